The molecule has 0 saturated carbocycles. The number of carbonyl (C=O) groups is 2. The van der Waals surface area contributed by atoms with Gasteiger partial charge < -0.3 is 25.0 Å². The maximum Gasteiger partial charge on any atom is 0.319 e. The number of carbonyl (C=O) groups excluding carboxylic acids is 2. The number of benzene rings is 2. The van der Waals surface area contributed by atoms with Crippen LogP contribution in [0.25, 0.3) is 0 Å². The van der Waals surface area contributed by atoms with Gasteiger partial charge in [0.05, 0.1) is 14.2 Å². The molecule has 0 aliphatic carbocycles. The van der Waals surface area contributed by atoms with E-state index >= 15 is 0 Å². The zero-order valence-electron chi connectivity index (χ0n) is 16.5. The van der Waals surface area contributed by atoms with Crippen molar-refractivity contribution in [3.05, 3.63) is 47.5 Å². The van der Waals surface area contributed by atoms with Gasteiger partial charge in [-0.3, -0.25) is 4.79 Å². The van der Waals surface area contributed by atoms with Gasteiger partial charge in [-0.1, -0.05) is 6.07 Å². The van der Waals surface area contributed by atoms with Gasteiger partial charge in [-0.05, 0) is 55.7 Å². The molecule has 0 unspecified atom stereocenters. The molecule has 1 fully saturated rings. The molecule has 1 heterocycles. The smallest absolute Gasteiger partial charge is 0.319 e. The normalized spacial score (nSPS) is 16.1. The predicted octanol–water partition coefficient (Wildman–Crippen LogP) is 3.25. The maximum absolute atomic E-state index is 12.7. The number of nitrogens with zero attached hydrogens (tertiary/aromatic N) is 1. The second-order valence-corrected chi connectivity index (χ2v) is 6.77. The molecule has 1 aliphatic heterocycles. The Morgan fingerprint density at radius 2 is 1.79 bits per heavy atom. The van der Waals surface area contributed by atoms with Crippen LogP contribution in [0, 0.1) is 13.8 Å². The van der Waals surface area contributed by atoms with Crippen LogP contribution in [0.3, 0.4) is 0 Å². The fourth-order valence-electron chi connectivity index (χ4n) is 3.20. The number of anilines is 2. The van der Waals surface area contributed by atoms with E-state index < -0.39 is 12.1 Å². The number of nitrogens with one attached hydrogen (secondary N) is 2. The first-order valence-electron chi connectivity index (χ1n) is 9.11. The van der Waals surface area contributed by atoms with Gasteiger partial charge in [-0.2, -0.15) is 0 Å². The molecule has 7 heteroatoms. The molecule has 28 heavy (non-hydrogen) atoms. The molecule has 2 aromatic carbocycles. The van der Waals surface area contributed by atoms with E-state index in [1.54, 1.807) is 30.2 Å². The quantitative estimate of drug-likeness (QED) is 0.831. The lowest BCUT2D eigenvalue weighted by Gasteiger charge is -2.18. The molecular formula is C21H25N3O4. The zero-order valence-corrected chi connectivity index (χ0v) is 16.5. The first kappa shape index (κ1) is 19.5. The molecule has 0 spiro atoms. The Morgan fingerprint density at radius 3 is 2.46 bits per heavy atom. The number of ether oxygens (including phenoxy) is 2. The summed E-state index contributed by atoms with van der Waals surface area (Å²) in [6, 6.07) is 10.0. The molecule has 7 nitrogen and oxygen atoms in total. The van der Waals surface area contributed by atoms with Crippen molar-refractivity contribution in [2.24, 2.45) is 0 Å². The average Bonchev–Trinajstić information content (AvgIpc) is 3.04. The van der Waals surface area contributed by atoms with Gasteiger partial charge in [0.2, 0.25) is 5.91 Å². The third kappa shape index (κ3) is 4.03. The Labute approximate surface area is 164 Å². The van der Waals surface area contributed by atoms with Crippen molar-refractivity contribution in [1.82, 2.24) is 5.32 Å². The molecule has 1 atom stereocenters. The van der Waals surface area contributed by atoms with Gasteiger partial charge in [0.1, 0.15) is 6.04 Å². The number of rotatable bonds is 5. The Hall–Kier alpha value is -3.22. The molecule has 2 aromatic rings. The lowest BCUT2D eigenvalue weighted by molar-refractivity contribution is -0.118. The van der Waals surface area contributed by atoms with Gasteiger partial charge in [0.25, 0.3) is 0 Å². The summed E-state index contributed by atoms with van der Waals surface area (Å²) >= 11 is 0. The van der Waals surface area contributed by atoms with Gasteiger partial charge in [0.15, 0.2) is 11.5 Å². The lowest BCUT2D eigenvalue weighted by atomic mass is 10.1. The summed E-state index contributed by atoms with van der Waals surface area (Å²) in [4.78, 5) is 26.8. The number of hydrogen-bond acceptors (Lipinski definition) is 4. The van der Waals surface area contributed by atoms with Crippen LogP contribution in [0.15, 0.2) is 36.4 Å². The molecule has 3 rings (SSSR count). The lowest BCUT2D eigenvalue weighted by Crippen LogP contribution is -2.43. The van der Waals surface area contributed by atoms with E-state index in [9.17, 15) is 9.59 Å². The van der Waals surface area contributed by atoms with Crippen LogP contribution in [-0.2, 0) is 4.79 Å². The number of urea groups is 1. The second kappa shape index (κ2) is 8.21. The molecule has 0 aromatic heterocycles. The first-order chi connectivity index (χ1) is 13.4. The summed E-state index contributed by atoms with van der Waals surface area (Å²) < 4.78 is 10.4. The highest BCUT2D eigenvalue weighted by Gasteiger charge is 2.33. The van der Waals surface area contributed by atoms with Crippen molar-refractivity contribution in [2.45, 2.75) is 26.3 Å². The van der Waals surface area contributed by atoms with Crippen molar-refractivity contribution in [3.8, 4) is 11.5 Å². The number of methoxy groups -OCH3 is 2. The maximum atomic E-state index is 12.7. The standard InChI is InChI=1S/C21H25N3O4/c1-13-5-7-16(11-14(13)2)24-10-9-17(20(24)25)23-21(26)22-15-6-8-18(27-3)19(12-15)28-4/h5-8,11-12,17H,9-10H2,1-4H3,(H2,22,23,26)/t17-/m0/s1. The minimum Gasteiger partial charge on any atom is -0.493 e. The van der Waals surface area contributed by atoms with E-state index in [0.29, 0.717) is 30.2 Å². The highest BCUT2D eigenvalue weighted by molar-refractivity contribution is 6.02. The van der Waals surface area contributed by atoms with Crippen LogP contribution in [0.4, 0.5) is 16.2 Å². The highest BCUT2D eigenvalue weighted by Crippen LogP contribution is 2.30. The Bertz CT molecular complexity index is 897. The van der Waals surface area contributed by atoms with Gasteiger partial charge in [-0.15, -0.1) is 0 Å². The van der Waals surface area contributed by atoms with E-state index in [4.69, 9.17) is 9.47 Å². The molecule has 2 N–H and O–H groups in total. The minimum absolute atomic E-state index is 0.106. The van der Waals surface area contributed by atoms with Crippen LogP contribution < -0.4 is 25.0 Å². The summed E-state index contributed by atoms with van der Waals surface area (Å²) in [5.41, 5.74) is 3.72. The van der Waals surface area contributed by atoms with Crippen molar-refractivity contribution >= 4 is 23.3 Å². The second-order valence-electron chi connectivity index (χ2n) is 6.77. The topological polar surface area (TPSA) is 79.9 Å². The van der Waals surface area contributed by atoms with Gasteiger partial charge in [-0.25, -0.2) is 4.79 Å². The van der Waals surface area contributed by atoms with Crippen molar-refractivity contribution in [2.75, 3.05) is 31.0 Å². The van der Waals surface area contributed by atoms with E-state index in [1.807, 2.05) is 32.0 Å². The number of aryl methyl sites for hydroxylation is 2. The summed E-state index contributed by atoms with van der Waals surface area (Å²) in [5, 5.41) is 5.49. The molecule has 1 aliphatic rings. The van der Waals surface area contributed by atoms with E-state index in [-0.39, 0.29) is 5.91 Å². The number of amides is 3. The van der Waals surface area contributed by atoms with Gasteiger partial charge in [0, 0.05) is 24.0 Å². The molecule has 0 radical (unpaired) electrons. The van der Waals surface area contributed by atoms with Crippen LogP contribution >= 0.6 is 0 Å². The van der Waals surface area contributed by atoms with Crippen LogP contribution in [0.1, 0.15) is 17.5 Å². The van der Waals surface area contributed by atoms with Crippen molar-refractivity contribution in [1.29, 1.82) is 0 Å². The molecular weight excluding hydrogens is 358 g/mol. The van der Waals surface area contributed by atoms with Gasteiger partial charge >= 0.3 is 6.03 Å². The monoisotopic (exact) mass is 383 g/mol. The number of hydrogen-bond donors (Lipinski definition) is 2. The van der Waals surface area contributed by atoms with Crippen LogP contribution in [0.5, 0.6) is 11.5 Å². The van der Waals surface area contributed by atoms with E-state index in [2.05, 4.69) is 10.6 Å². The average molecular weight is 383 g/mol. The van der Waals surface area contributed by atoms with Crippen LogP contribution in [-0.4, -0.2) is 38.7 Å². The first-order valence-corrected chi connectivity index (χ1v) is 9.11. The Kier molecular flexibility index (Phi) is 5.73. The Balaban J connectivity index is 1.63. The van der Waals surface area contributed by atoms with E-state index in [1.165, 1.54) is 12.7 Å². The van der Waals surface area contributed by atoms with Crippen molar-refractivity contribution < 1.29 is 19.1 Å². The highest BCUT2D eigenvalue weighted by atomic mass is 16.5. The zero-order chi connectivity index (χ0) is 20.3. The summed E-state index contributed by atoms with van der Waals surface area (Å²) in [5.74, 6) is 0.979. The molecule has 3 amide bonds. The summed E-state index contributed by atoms with van der Waals surface area (Å²) in [6.45, 7) is 4.63. The third-order valence-corrected chi connectivity index (χ3v) is 4.95. The summed E-state index contributed by atoms with van der Waals surface area (Å²) in [6.07, 6.45) is 0.561. The van der Waals surface area contributed by atoms with E-state index in [0.717, 1.165) is 11.3 Å². The predicted molar refractivity (Wildman–Crippen MR) is 108 cm³/mol. The SMILES string of the molecule is COc1ccc(NC(=O)N[C@H]2CCN(c3ccc(C)c(C)c3)C2=O)cc1OC. The summed E-state index contributed by atoms with van der Waals surface area (Å²) in [7, 11) is 3.07. The molecule has 1 saturated heterocycles. The third-order valence-electron chi connectivity index (χ3n) is 4.95. The van der Waals surface area contributed by atoms with Crippen molar-refractivity contribution in [3.63, 3.8) is 0 Å². The molecule has 0 bridgehead atoms. The largest absolute Gasteiger partial charge is 0.493 e. The molecule has 148 valence electrons. The van der Waals surface area contributed by atoms with Crippen LogP contribution in [0.2, 0.25) is 0 Å². The fraction of sp³-hybridized carbons (Fsp3) is 0.333. The Morgan fingerprint density at radius 1 is 1.04 bits per heavy atom. The minimum atomic E-state index is -0.554. The fourth-order valence-corrected chi connectivity index (χ4v) is 3.20.